The van der Waals surface area contributed by atoms with Crippen molar-refractivity contribution in [1.82, 2.24) is 14.9 Å². The van der Waals surface area contributed by atoms with Crippen molar-refractivity contribution in [3.63, 3.8) is 0 Å². The van der Waals surface area contributed by atoms with Gasteiger partial charge in [-0.3, -0.25) is 4.90 Å². The summed E-state index contributed by atoms with van der Waals surface area (Å²) in [5, 5.41) is 20.8. The van der Waals surface area contributed by atoms with Gasteiger partial charge in [0.25, 0.3) is 0 Å². The van der Waals surface area contributed by atoms with Gasteiger partial charge in [-0.25, -0.2) is 13.2 Å². The lowest BCUT2D eigenvalue weighted by molar-refractivity contribution is 0.107. The van der Waals surface area contributed by atoms with Crippen molar-refractivity contribution >= 4 is 54.7 Å². The van der Waals surface area contributed by atoms with E-state index in [1.165, 1.54) is 12.1 Å². The summed E-state index contributed by atoms with van der Waals surface area (Å²) in [6, 6.07) is 6.06. The molecule has 43 heavy (non-hydrogen) atoms. The monoisotopic (exact) mass is 628 g/mol. The maximum Gasteiger partial charge on any atom is 0.319 e. The number of anilines is 2. The minimum absolute atomic E-state index is 0.0167. The van der Waals surface area contributed by atoms with Crippen molar-refractivity contribution in [3.05, 3.63) is 40.4 Å². The van der Waals surface area contributed by atoms with Gasteiger partial charge in [0.05, 0.1) is 26.9 Å². The Kier molecular flexibility index (Phi) is 7.04. The van der Waals surface area contributed by atoms with Crippen LogP contribution in [0.25, 0.3) is 32.1 Å². The first-order valence-electron chi connectivity index (χ1n) is 14.2. The van der Waals surface area contributed by atoms with Crippen LogP contribution >= 0.6 is 22.9 Å². The maximum atomic E-state index is 16.7. The third kappa shape index (κ3) is 4.65. The predicted molar refractivity (Wildman–Crippen MR) is 160 cm³/mol. The summed E-state index contributed by atoms with van der Waals surface area (Å²) in [4.78, 5) is 13.1. The Balaban J connectivity index is 1.39. The summed E-state index contributed by atoms with van der Waals surface area (Å²) in [6.07, 6.45) is 1.89. The Bertz CT molecular complexity index is 1820. The highest BCUT2D eigenvalue weighted by Crippen LogP contribution is 2.46. The number of nitrogens with zero attached hydrogens (tertiary/aromatic N) is 5. The molecule has 3 aliphatic heterocycles. The zero-order chi connectivity index (χ0) is 30.0. The SMILES string of the molecule is N#Cc1c(N)sc2c(F)ccc(-c3c(Cl)cc4c(N5CCC[C@H](O)C5)nc(OC[C@@]56CCCN5C[C@H](F)C6)nc4c3F)c12. The number of nitrogens with two attached hydrogens (primary N) is 1. The molecule has 0 saturated carbocycles. The van der Waals surface area contributed by atoms with Gasteiger partial charge >= 0.3 is 6.01 Å². The third-order valence-corrected chi connectivity index (χ3v) is 10.3. The Morgan fingerprint density at radius 1 is 1.23 bits per heavy atom. The first kappa shape index (κ1) is 28.4. The van der Waals surface area contributed by atoms with Crippen molar-refractivity contribution in [2.75, 3.05) is 43.4 Å². The predicted octanol–water partition coefficient (Wildman–Crippen LogP) is 5.81. The van der Waals surface area contributed by atoms with E-state index < -0.39 is 29.4 Å². The number of alkyl halides is 1. The van der Waals surface area contributed by atoms with Crippen LogP contribution in [0.5, 0.6) is 6.01 Å². The molecule has 0 aliphatic carbocycles. The van der Waals surface area contributed by atoms with E-state index in [2.05, 4.69) is 14.9 Å². The average molecular weight is 629 g/mol. The van der Waals surface area contributed by atoms with Crippen molar-refractivity contribution in [1.29, 1.82) is 5.26 Å². The molecule has 3 saturated heterocycles. The third-order valence-electron chi connectivity index (χ3n) is 8.97. The molecule has 3 aliphatic rings. The molecule has 0 unspecified atom stereocenters. The second kappa shape index (κ2) is 10.7. The molecular formula is C30H28ClF3N6O2S. The summed E-state index contributed by atoms with van der Waals surface area (Å²) in [5.41, 5.74) is 5.68. The standard InChI is InChI=1S/C30H28ClF3N6O2S/c31-20-9-18-25(24(34)23(20)17-4-5-21(33)26-22(17)19(11-35)27(36)43-26)37-29(38-28(18)39-7-1-3-16(41)13-39)42-14-30-6-2-8-40(30)12-15(32)10-30/h4-5,9,15-16,41H,1-3,6-8,10,12-14,36H2/t15-,16+,30+/m1/s1. The molecule has 8 nitrogen and oxygen atoms in total. The highest BCUT2D eigenvalue weighted by atomic mass is 35.5. The lowest BCUT2D eigenvalue weighted by atomic mass is 9.95. The van der Waals surface area contributed by atoms with Gasteiger partial charge in [-0.05, 0) is 49.9 Å². The molecule has 2 aromatic carbocycles. The van der Waals surface area contributed by atoms with E-state index in [9.17, 15) is 19.1 Å². The van der Waals surface area contributed by atoms with Gasteiger partial charge in [-0.2, -0.15) is 15.2 Å². The van der Waals surface area contributed by atoms with E-state index in [0.29, 0.717) is 43.6 Å². The lowest BCUT2D eigenvalue weighted by Gasteiger charge is -2.33. The van der Waals surface area contributed by atoms with Crippen LogP contribution in [-0.2, 0) is 0 Å². The summed E-state index contributed by atoms with van der Waals surface area (Å²) >= 11 is 7.66. The van der Waals surface area contributed by atoms with Gasteiger partial charge in [-0.1, -0.05) is 17.7 Å². The van der Waals surface area contributed by atoms with Gasteiger partial charge in [0.15, 0.2) is 5.82 Å². The lowest BCUT2D eigenvalue weighted by Crippen LogP contribution is -2.43. The van der Waals surface area contributed by atoms with E-state index in [0.717, 1.165) is 30.7 Å². The number of fused-ring (bicyclic) bond motifs is 3. The number of thiophene rings is 1. The van der Waals surface area contributed by atoms with Crippen molar-refractivity contribution in [2.45, 2.75) is 49.9 Å². The smallest absolute Gasteiger partial charge is 0.319 e. The van der Waals surface area contributed by atoms with Crippen LogP contribution in [0.2, 0.25) is 5.02 Å². The minimum atomic E-state index is -0.939. The molecule has 13 heteroatoms. The van der Waals surface area contributed by atoms with E-state index in [-0.39, 0.29) is 61.5 Å². The number of β-amino-alcohol motifs (C(OH)–C–C–N with tert-alkyl or cyclic N) is 1. The fourth-order valence-electron chi connectivity index (χ4n) is 7.02. The summed E-state index contributed by atoms with van der Waals surface area (Å²) in [7, 11) is 0. The molecule has 224 valence electrons. The van der Waals surface area contributed by atoms with E-state index in [1.807, 2.05) is 11.0 Å². The number of hydrogen-bond acceptors (Lipinski definition) is 9. The number of piperidine rings is 1. The molecule has 0 radical (unpaired) electrons. The number of aliphatic hydroxyl groups is 1. The minimum Gasteiger partial charge on any atom is -0.461 e. The first-order chi connectivity index (χ1) is 20.7. The molecule has 4 aromatic rings. The highest BCUT2D eigenvalue weighted by Gasteiger charge is 2.49. The number of aliphatic hydroxyl groups excluding tert-OH is 1. The Morgan fingerprint density at radius 2 is 2.07 bits per heavy atom. The zero-order valence-corrected chi connectivity index (χ0v) is 24.6. The van der Waals surface area contributed by atoms with Crippen LogP contribution in [0.1, 0.15) is 37.7 Å². The Labute approximate surface area is 254 Å². The number of nitriles is 1. The molecule has 3 N–H and O–H groups in total. The normalized spacial score (nSPS) is 24.1. The van der Waals surface area contributed by atoms with Gasteiger partial charge in [0.2, 0.25) is 0 Å². The van der Waals surface area contributed by atoms with Crippen LogP contribution in [0.15, 0.2) is 18.2 Å². The van der Waals surface area contributed by atoms with Crippen LogP contribution in [-0.4, -0.2) is 70.6 Å². The Morgan fingerprint density at radius 3 is 2.86 bits per heavy atom. The van der Waals surface area contributed by atoms with Crippen molar-refractivity contribution in [2.24, 2.45) is 0 Å². The van der Waals surface area contributed by atoms with Crippen molar-refractivity contribution in [3.8, 4) is 23.2 Å². The molecule has 0 bridgehead atoms. The van der Waals surface area contributed by atoms with Crippen molar-refractivity contribution < 1.29 is 23.0 Å². The van der Waals surface area contributed by atoms with Crippen LogP contribution in [0.3, 0.4) is 0 Å². The summed E-state index contributed by atoms with van der Waals surface area (Å²) in [5.74, 6) is -1.01. The topological polar surface area (TPSA) is 112 Å². The molecule has 3 atom stereocenters. The number of benzene rings is 2. The molecular weight excluding hydrogens is 601 g/mol. The van der Waals surface area contributed by atoms with E-state index >= 15 is 4.39 Å². The van der Waals surface area contributed by atoms with Crippen LogP contribution < -0.4 is 15.4 Å². The second-order valence-corrected chi connectivity index (χ2v) is 13.1. The molecule has 3 fully saturated rings. The fourth-order valence-corrected chi connectivity index (χ4v) is 8.26. The summed E-state index contributed by atoms with van der Waals surface area (Å²) < 4.78 is 52.2. The first-order valence-corrected chi connectivity index (χ1v) is 15.4. The largest absolute Gasteiger partial charge is 0.461 e. The Hall–Kier alpha value is -3.37. The van der Waals surface area contributed by atoms with Gasteiger partial charge < -0.3 is 20.5 Å². The number of nitrogen functional groups attached to an aromatic ring is 1. The van der Waals surface area contributed by atoms with Crippen LogP contribution in [0.4, 0.5) is 24.0 Å². The number of aromatic nitrogens is 2. The van der Waals surface area contributed by atoms with Gasteiger partial charge in [0.1, 0.15) is 41.0 Å². The quantitative estimate of drug-likeness (QED) is 0.285. The number of rotatable bonds is 5. The van der Waals surface area contributed by atoms with Gasteiger partial charge in [0, 0.05) is 42.4 Å². The number of halogens is 4. The van der Waals surface area contributed by atoms with Crippen LogP contribution in [0, 0.1) is 23.0 Å². The summed E-state index contributed by atoms with van der Waals surface area (Å²) in [6.45, 7) is 2.16. The van der Waals surface area contributed by atoms with E-state index in [4.69, 9.17) is 22.1 Å². The second-order valence-electron chi connectivity index (χ2n) is 11.6. The number of ether oxygens (including phenoxy) is 1. The fraction of sp³-hybridized carbons (Fsp3) is 0.433. The molecule has 7 rings (SSSR count). The average Bonchev–Trinajstić information content (AvgIpc) is 3.62. The maximum absolute atomic E-state index is 16.7. The zero-order valence-electron chi connectivity index (χ0n) is 23.0. The molecule has 0 spiro atoms. The highest BCUT2D eigenvalue weighted by molar-refractivity contribution is 7.23. The molecule has 5 heterocycles. The molecule has 2 aromatic heterocycles. The van der Waals surface area contributed by atoms with E-state index in [1.54, 1.807) is 6.07 Å². The van der Waals surface area contributed by atoms with Gasteiger partial charge in [-0.15, -0.1) is 11.3 Å². The molecule has 0 amide bonds. The number of hydrogen-bond donors (Lipinski definition) is 2.